The molecule has 0 fully saturated rings. The first-order valence-corrected chi connectivity index (χ1v) is 8.25. The number of guanidine groups is 1. The average molecular weight is 320 g/mol. The van der Waals surface area contributed by atoms with Gasteiger partial charge in [-0.15, -0.1) is 11.3 Å². The van der Waals surface area contributed by atoms with Gasteiger partial charge in [-0.3, -0.25) is 9.67 Å². The van der Waals surface area contributed by atoms with Crippen LogP contribution in [0.25, 0.3) is 0 Å². The summed E-state index contributed by atoms with van der Waals surface area (Å²) in [5, 5.41) is 9.66. The van der Waals surface area contributed by atoms with Crippen molar-refractivity contribution >= 4 is 17.3 Å². The minimum Gasteiger partial charge on any atom is -0.356 e. The van der Waals surface area contributed by atoms with Gasteiger partial charge in [0.2, 0.25) is 0 Å². The Morgan fingerprint density at radius 1 is 1.55 bits per heavy atom. The first-order chi connectivity index (χ1) is 10.6. The smallest absolute Gasteiger partial charge is 0.193 e. The predicted molar refractivity (Wildman–Crippen MR) is 91.0 cm³/mol. The number of aliphatic imine (C=N–C) groups is 1. The van der Waals surface area contributed by atoms with Gasteiger partial charge >= 0.3 is 0 Å². The molecule has 0 amide bonds. The molecule has 0 bridgehead atoms. The van der Waals surface area contributed by atoms with Crippen LogP contribution in [0.3, 0.4) is 0 Å². The van der Waals surface area contributed by atoms with Gasteiger partial charge in [0.15, 0.2) is 5.96 Å². The van der Waals surface area contributed by atoms with Gasteiger partial charge in [-0.1, -0.05) is 13.0 Å². The van der Waals surface area contributed by atoms with E-state index in [-0.39, 0.29) is 0 Å². The Morgan fingerprint density at radius 3 is 2.95 bits per heavy atom. The van der Waals surface area contributed by atoms with Crippen LogP contribution >= 0.6 is 11.3 Å². The lowest BCUT2D eigenvalue weighted by Crippen LogP contribution is -2.41. The topological polar surface area (TPSA) is 58.3 Å². The molecule has 1 unspecified atom stereocenters. The highest BCUT2D eigenvalue weighted by Gasteiger charge is 2.11. The van der Waals surface area contributed by atoms with Crippen molar-refractivity contribution in [3.05, 3.63) is 34.5 Å². The maximum absolute atomic E-state index is 4.34. The number of thiophene rings is 1. The monoisotopic (exact) mass is 320 g/mol. The lowest BCUT2D eigenvalue weighted by molar-refractivity contribution is 0.439. The summed E-state index contributed by atoms with van der Waals surface area (Å²) in [6.07, 6.45) is 2.66. The highest BCUT2D eigenvalue weighted by atomic mass is 32.1. The first kappa shape index (κ1) is 16.5. The largest absolute Gasteiger partial charge is 0.356 e. The third kappa shape index (κ3) is 4.56. The van der Waals surface area contributed by atoms with Crippen LogP contribution in [0, 0.1) is 5.92 Å². The average Bonchev–Trinajstić information content (AvgIpc) is 3.12. The molecule has 120 valence electrons. The number of hydrogen-bond donors (Lipinski definition) is 1. The van der Waals surface area contributed by atoms with E-state index < -0.39 is 0 Å². The molecule has 7 heteroatoms. The molecule has 0 spiro atoms. The van der Waals surface area contributed by atoms with Gasteiger partial charge in [0, 0.05) is 32.6 Å². The number of aryl methyl sites for hydroxylation is 1. The van der Waals surface area contributed by atoms with Gasteiger partial charge in [0.05, 0.1) is 6.54 Å². The normalized spacial score (nSPS) is 13.2. The standard InChI is InChI=1S/C15H24N6S/c1-12(8-13-6-5-7-22-13)9-17-15(16-2)20(3)10-14-18-11-19-21(14)4/h5-7,11-12H,8-10H2,1-4H3,(H,16,17). The zero-order valence-electron chi connectivity index (χ0n) is 13.7. The number of hydrogen-bond acceptors (Lipinski definition) is 4. The molecule has 1 atom stereocenters. The van der Waals surface area contributed by atoms with Gasteiger partial charge in [-0.2, -0.15) is 5.10 Å². The second-order valence-electron chi connectivity index (χ2n) is 5.47. The Morgan fingerprint density at radius 2 is 2.36 bits per heavy atom. The maximum Gasteiger partial charge on any atom is 0.193 e. The van der Waals surface area contributed by atoms with E-state index in [9.17, 15) is 0 Å². The van der Waals surface area contributed by atoms with Crippen molar-refractivity contribution in [2.75, 3.05) is 20.6 Å². The molecule has 2 rings (SSSR count). The van der Waals surface area contributed by atoms with E-state index in [1.54, 1.807) is 18.1 Å². The molecule has 2 heterocycles. The number of rotatable bonds is 6. The van der Waals surface area contributed by atoms with Crippen molar-refractivity contribution in [2.45, 2.75) is 19.9 Å². The third-order valence-electron chi connectivity index (χ3n) is 3.50. The Hall–Kier alpha value is -1.89. The fourth-order valence-electron chi connectivity index (χ4n) is 2.24. The van der Waals surface area contributed by atoms with Gasteiger partial charge < -0.3 is 10.2 Å². The Labute approximate surface area is 135 Å². The summed E-state index contributed by atoms with van der Waals surface area (Å²) in [5.41, 5.74) is 0. The second kappa shape index (κ2) is 7.93. The quantitative estimate of drug-likeness (QED) is 0.651. The van der Waals surface area contributed by atoms with Crippen LogP contribution in [0.4, 0.5) is 0 Å². The van der Waals surface area contributed by atoms with E-state index in [4.69, 9.17) is 0 Å². The van der Waals surface area contributed by atoms with E-state index in [0.29, 0.717) is 12.5 Å². The van der Waals surface area contributed by atoms with Crippen LogP contribution in [0.5, 0.6) is 0 Å². The van der Waals surface area contributed by atoms with Crippen LogP contribution in [0.1, 0.15) is 17.6 Å². The van der Waals surface area contributed by atoms with Crippen LogP contribution in [0.2, 0.25) is 0 Å². The molecule has 0 saturated carbocycles. The zero-order valence-corrected chi connectivity index (χ0v) is 14.5. The highest BCUT2D eigenvalue weighted by molar-refractivity contribution is 7.09. The molecule has 6 nitrogen and oxygen atoms in total. The summed E-state index contributed by atoms with van der Waals surface area (Å²) in [7, 11) is 5.71. The summed E-state index contributed by atoms with van der Waals surface area (Å²) in [4.78, 5) is 12.1. The maximum atomic E-state index is 4.34. The SMILES string of the molecule is CN=C(NCC(C)Cc1cccs1)N(C)Cc1ncnn1C. The van der Waals surface area contributed by atoms with E-state index in [1.807, 2.05) is 25.4 Å². The van der Waals surface area contributed by atoms with Crippen molar-refractivity contribution in [1.29, 1.82) is 0 Å². The van der Waals surface area contributed by atoms with Crippen LogP contribution in [0.15, 0.2) is 28.8 Å². The number of nitrogens with zero attached hydrogens (tertiary/aromatic N) is 5. The summed E-state index contributed by atoms with van der Waals surface area (Å²) in [6, 6.07) is 4.30. The molecule has 0 aromatic carbocycles. The van der Waals surface area contributed by atoms with Crippen LogP contribution in [-0.2, 0) is 20.0 Å². The molecule has 0 saturated heterocycles. The lowest BCUT2D eigenvalue weighted by Gasteiger charge is -2.23. The molecule has 0 aliphatic heterocycles. The molecule has 0 aliphatic rings. The summed E-state index contributed by atoms with van der Waals surface area (Å²) in [5.74, 6) is 2.34. The van der Waals surface area contributed by atoms with Crippen LogP contribution < -0.4 is 5.32 Å². The fourth-order valence-corrected chi connectivity index (χ4v) is 3.11. The predicted octanol–water partition coefficient (Wildman–Crippen LogP) is 1.76. The van der Waals surface area contributed by atoms with Crippen LogP contribution in [-0.4, -0.2) is 46.3 Å². The molecule has 1 N–H and O–H groups in total. The van der Waals surface area contributed by atoms with E-state index in [2.05, 4.69) is 49.7 Å². The van der Waals surface area contributed by atoms with Crippen molar-refractivity contribution in [3.8, 4) is 0 Å². The fraction of sp³-hybridized carbons (Fsp3) is 0.533. The molecule has 0 aliphatic carbocycles. The Bertz CT molecular complexity index is 589. The summed E-state index contributed by atoms with van der Waals surface area (Å²) >= 11 is 1.82. The van der Waals surface area contributed by atoms with Gasteiger partial charge in [-0.05, 0) is 23.8 Å². The van der Waals surface area contributed by atoms with E-state index >= 15 is 0 Å². The number of aromatic nitrogens is 3. The molecule has 0 radical (unpaired) electrons. The molecular formula is C15H24N6S. The van der Waals surface area contributed by atoms with Gasteiger partial charge in [0.1, 0.15) is 12.2 Å². The third-order valence-corrected chi connectivity index (χ3v) is 4.39. The summed E-state index contributed by atoms with van der Waals surface area (Å²) in [6.45, 7) is 3.83. The minimum absolute atomic E-state index is 0.554. The van der Waals surface area contributed by atoms with Gasteiger partial charge in [-0.25, -0.2) is 4.98 Å². The molecular weight excluding hydrogens is 296 g/mol. The zero-order chi connectivity index (χ0) is 15.9. The van der Waals surface area contributed by atoms with Crippen molar-refractivity contribution in [3.63, 3.8) is 0 Å². The van der Waals surface area contributed by atoms with Crippen molar-refractivity contribution in [2.24, 2.45) is 18.0 Å². The second-order valence-corrected chi connectivity index (χ2v) is 6.50. The highest BCUT2D eigenvalue weighted by Crippen LogP contribution is 2.13. The number of nitrogens with one attached hydrogen (secondary N) is 1. The molecule has 22 heavy (non-hydrogen) atoms. The van der Waals surface area contributed by atoms with Crippen molar-refractivity contribution in [1.82, 2.24) is 25.0 Å². The molecule has 2 aromatic heterocycles. The Balaban J connectivity index is 1.82. The minimum atomic E-state index is 0.554. The summed E-state index contributed by atoms with van der Waals surface area (Å²) < 4.78 is 1.78. The molecule has 2 aromatic rings. The Kier molecular flexibility index (Phi) is 5.94. The first-order valence-electron chi connectivity index (χ1n) is 7.37. The van der Waals surface area contributed by atoms with E-state index in [0.717, 1.165) is 24.7 Å². The van der Waals surface area contributed by atoms with Crippen molar-refractivity contribution < 1.29 is 0 Å². The van der Waals surface area contributed by atoms with E-state index in [1.165, 1.54) is 4.88 Å². The lowest BCUT2D eigenvalue weighted by atomic mass is 10.1. The van der Waals surface area contributed by atoms with Gasteiger partial charge in [0.25, 0.3) is 0 Å².